The average molecular weight is 439 g/mol. The van der Waals surface area contributed by atoms with Crippen LogP contribution in [0.5, 0.6) is 5.88 Å². The number of amides is 1. The summed E-state index contributed by atoms with van der Waals surface area (Å²) in [4.78, 5) is 19.5. The molecule has 1 aliphatic carbocycles. The maximum absolute atomic E-state index is 12.8. The van der Waals surface area contributed by atoms with Gasteiger partial charge in [0.1, 0.15) is 17.2 Å². The van der Waals surface area contributed by atoms with Gasteiger partial charge in [-0.3, -0.25) is 4.68 Å². The van der Waals surface area contributed by atoms with Gasteiger partial charge in [-0.25, -0.2) is 14.3 Å². The highest BCUT2D eigenvalue weighted by molar-refractivity contribution is 5.70. The van der Waals surface area contributed by atoms with Crippen LogP contribution in [0.2, 0.25) is 0 Å². The van der Waals surface area contributed by atoms with Crippen molar-refractivity contribution in [1.29, 1.82) is 0 Å². The SMILES string of the molecule is Cn1cc(-c2cn3nccc3c(OC3C4CCN(C(=O)OC(C)(C)C)C4C3(C)C)n2)cn1. The van der Waals surface area contributed by atoms with Crippen LogP contribution >= 0.6 is 0 Å². The zero-order valence-corrected chi connectivity index (χ0v) is 19.4. The van der Waals surface area contributed by atoms with Crippen LogP contribution in [0.4, 0.5) is 4.79 Å². The van der Waals surface area contributed by atoms with Gasteiger partial charge >= 0.3 is 6.09 Å². The molecular formula is C23H30N6O3. The third-order valence-electron chi connectivity index (χ3n) is 6.55. The van der Waals surface area contributed by atoms with Crippen molar-refractivity contribution in [3.05, 3.63) is 30.9 Å². The van der Waals surface area contributed by atoms with Gasteiger partial charge in [0.2, 0.25) is 5.88 Å². The van der Waals surface area contributed by atoms with Crippen LogP contribution in [-0.2, 0) is 11.8 Å². The second kappa shape index (κ2) is 6.95. The molecule has 1 saturated carbocycles. The van der Waals surface area contributed by atoms with E-state index in [9.17, 15) is 4.79 Å². The molecule has 9 nitrogen and oxygen atoms in total. The third-order valence-corrected chi connectivity index (χ3v) is 6.55. The van der Waals surface area contributed by atoms with Crippen molar-refractivity contribution in [2.24, 2.45) is 18.4 Å². The largest absolute Gasteiger partial charge is 0.472 e. The summed E-state index contributed by atoms with van der Waals surface area (Å²) in [6.45, 7) is 10.7. The van der Waals surface area contributed by atoms with Crippen molar-refractivity contribution >= 4 is 11.6 Å². The number of fused-ring (bicyclic) bond motifs is 2. The Morgan fingerprint density at radius 2 is 2.00 bits per heavy atom. The molecule has 0 N–H and O–H groups in total. The first-order valence-corrected chi connectivity index (χ1v) is 11.0. The number of aromatic nitrogens is 5. The summed E-state index contributed by atoms with van der Waals surface area (Å²) in [5, 5.41) is 8.65. The lowest BCUT2D eigenvalue weighted by Gasteiger charge is -2.56. The van der Waals surface area contributed by atoms with Crippen molar-refractivity contribution in [1.82, 2.24) is 29.3 Å². The summed E-state index contributed by atoms with van der Waals surface area (Å²) < 4.78 is 15.8. The molecular weight excluding hydrogens is 408 g/mol. The van der Waals surface area contributed by atoms with Crippen molar-refractivity contribution in [2.75, 3.05) is 6.54 Å². The normalized spacial score (nSPS) is 24.3. The minimum absolute atomic E-state index is 0.0599. The molecule has 3 aromatic rings. The van der Waals surface area contributed by atoms with Gasteiger partial charge in [0.25, 0.3) is 0 Å². The topological polar surface area (TPSA) is 86.8 Å². The van der Waals surface area contributed by atoms with Crippen LogP contribution in [0.3, 0.4) is 0 Å². The third kappa shape index (κ3) is 3.30. The molecule has 9 heteroatoms. The highest BCUT2D eigenvalue weighted by Crippen LogP contribution is 2.55. The molecule has 3 aromatic heterocycles. The highest BCUT2D eigenvalue weighted by atomic mass is 16.6. The Hall–Kier alpha value is -3.10. The fourth-order valence-electron chi connectivity index (χ4n) is 5.25. The van der Waals surface area contributed by atoms with E-state index < -0.39 is 5.60 Å². The Morgan fingerprint density at radius 1 is 1.22 bits per heavy atom. The predicted molar refractivity (Wildman–Crippen MR) is 118 cm³/mol. The van der Waals surface area contributed by atoms with Crippen LogP contribution < -0.4 is 4.74 Å². The van der Waals surface area contributed by atoms with Gasteiger partial charge in [-0.2, -0.15) is 10.2 Å². The summed E-state index contributed by atoms with van der Waals surface area (Å²) in [7, 11) is 1.88. The van der Waals surface area contributed by atoms with Gasteiger partial charge in [-0.05, 0) is 33.3 Å². The van der Waals surface area contributed by atoms with Gasteiger partial charge < -0.3 is 14.4 Å². The monoisotopic (exact) mass is 438 g/mol. The average Bonchev–Trinajstić information content (AvgIpc) is 3.42. The Morgan fingerprint density at radius 3 is 2.69 bits per heavy atom. The van der Waals surface area contributed by atoms with Crippen molar-refractivity contribution < 1.29 is 14.3 Å². The zero-order valence-electron chi connectivity index (χ0n) is 19.4. The van der Waals surface area contributed by atoms with Gasteiger partial charge in [0.15, 0.2) is 0 Å². The number of rotatable bonds is 3. The first-order valence-electron chi connectivity index (χ1n) is 11.0. The molecule has 170 valence electrons. The molecule has 1 aliphatic heterocycles. The van der Waals surface area contributed by atoms with Crippen LogP contribution in [0.1, 0.15) is 41.0 Å². The fraction of sp³-hybridized carbons (Fsp3) is 0.565. The Bertz CT molecular complexity index is 1170. The molecule has 0 bridgehead atoms. The first-order chi connectivity index (χ1) is 15.0. The standard InChI is InChI=1S/C23H30N6O3/c1-22(2,3)32-21(30)28-10-8-15-18(28)23(4,5)19(15)31-20-17-7-9-24-29(17)13-16(26-20)14-11-25-27(6)12-14/h7,9,11-13,15,18-19H,8,10H2,1-6H3. The number of ether oxygens (including phenoxy) is 2. The molecule has 32 heavy (non-hydrogen) atoms. The summed E-state index contributed by atoms with van der Waals surface area (Å²) in [5.74, 6) is 0.792. The van der Waals surface area contributed by atoms with E-state index in [0.29, 0.717) is 12.4 Å². The van der Waals surface area contributed by atoms with Crippen molar-refractivity contribution in [2.45, 2.75) is 58.8 Å². The lowest BCUT2D eigenvalue weighted by molar-refractivity contribution is -0.128. The summed E-state index contributed by atoms with van der Waals surface area (Å²) in [6, 6.07) is 1.99. The molecule has 3 atom stereocenters. The molecule has 0 aromatic carbocycles. The van der Waals surface area contributed by atoms with E-state index in [-0.39, 0.29) is 29.6 Å². The Labute approximate surface area is 187 Å². The van der Waals surface area contributed by atoms with E-state index >= 15 is 0 Å². The number of carbonyl (C=O) groups is 1. The predicted octanol–water partition coefficient (Wildman–Crippen LogP) is 3.54. The number of hydrogen-bond donors (Lipinski definition) is 0. The number of aryl methyl sites for hydroxylation is 1. The molecule has 0 spiro atoms. The van der Waals surface area contributed by atoms with Crippen LogP contribution in [-0.4, -0.2) is 59.7 Å². The Kier molecular flexibility index (Phi) is 4.51. The Balaban J connectivity index is 1.42. The number of nitrogens with zero attached hydrogens (tertiary/aromatic N) is 6. The number of likely N-dealkylation sites (tertiary alicyclic amines) is 1. The second-order valence-corrected chi connectivity index (χ2v) is 10.4. The maximum Gasteiger partial charge on any atom is 0.410 e. The highest BCUT2D eigenvalue weighted by Gasteiger charge is 2.64. The van der Waals surface area contributed by atoms with Crippen molar-refractivity contribution in [3.63, 3.8) is 0 Å². The minimum Gasteiger partial charge on any atom is -0.472 e. The van der Waals surface area contributed by atoms with Crippen LogP contribution in [0.15, 0.2) is 30.9 Å². The summed E-state index contributed by atoms with van der Waals surface area (Å²) in [5.41, 5.74) is 1.72. The van der Waals surface area contributed by atoms with Gasteiger partial charge in [-0.15, -0.1) is 0 Å². The molecule has 4 heterocycles. The molecule has 0 radical (unpaired) electrons. The van der Waals surface area contributed by atoms with E-state index in [0.717, 1.165) is 23.2 Å². The molecule has 1 saturated heterocycles. The number of carbonyl (C=O) groups excluding carboxylic acids is 1. The summed E-state index contributed by atoms with van der Waals surface area (Å²) in [6.07, 6.45) is 7.90. The molecule has 3 unspecified atom stereocenters. The lowest BCUT2D eigenvalue weighted by Crippen LogP contribution is -2.67. The van der Waals surface area contributed by atoms with E-state index in [2.05, 4.69) is 24.0 Å². The van der Waals surface area contributed by atoms with E-state index in [1.165, 1.54) is 0 Å². The maximum atomic E-state index is 12.8. The summed E-state index contributed by atoms with van der Waals surface area (Å²) >= 11 is 0. The molecule has 1 amide bonds. The minimum atomic E-state index is -0.511. The van der Waals surface area contributed by atoms with Crippen LogP contribution in [0.25, 0.3) is 16.8 Å². The molecule has 2 aliphatic rings. The van der Waals surface area contributed by atoms with Gasteiger partial charge in [0, 0.05) is 36.7 Å². The van der Waals surface area contributed by atoms with Crippen molar-refractivity contribution in [3.8, 4) is 17.1 Å². The first kappa shape index (κ1) is 20.8. The second-order valence-electron chi connectivity index (χ2n) is 10.4. The zero-order chi connectivity index (χ0) is 22.8. The smallest absolute Gasteiger partial charge is 0.410 e. The van der Waals surface area contributed by atoms with E-state index in [1.54, 1.807) is 21.6 Å². The quantitative estimate of drug-likeness (QED) is 0.622. The lowest BCUT2D eigenvalue weighted by atomic mass is 9.57. The van der Waals surface area contributed by atoms with Crippen LogP contribution in [0, 0.1) is 11.3 Å². The van der Waals surface area contributed by atoms with Gasteiger partial charge in [-0.1, -0.05) is 13.8 Å². The molecule has 5 rings (SSSR count). The van der Waals surface area contributed by atoms with E-state index in [4.69, 9.17) is 14.5 Å². The fourth-order valence-corrected chi connectivity index (χ4v) is 5.25. The number of hydrogen-bond acceptors (Lipinski definition) is 6. The van der Waals surface area contributed by atoms with Gasteiger partial charge in [0.05, 0.1) is 30.3 Å². The molecule has 2 fully saturated rings. The van der Waals surface area contributed by atoms with E-state index in [1.807, 2.05) is 51.2 Å².